The van der Waals surface area contributed by atoms with Crippen LogP contribution in [0.25, 0.3) is 33.5 Å². The number of rotatable bonds is 4. The molecular formula is C25H29FN8O2. The Balaban J connectivity index is 1.62. The molecule has 0 radical (unpaired) electrons. The molecule has 36 heavy (non-hydrogen) atoms. The Morgan fingerprint density at radius 2 is 2.08 bits per heavy atom. The van der Waals surface area contributed by atoms with Crippen molar-refractivity contribution in [2.45, 2.75) is 45.4 Å². The molecule has 0 spiro atoms. The van der Waals surface area contributed by atoms with E-state index in [1.165, 1.54) is 6.20 Å². The molecule has 2 saturated heterocycles. The Morgan fingerprint density at radius 3 is 2.83 bits per heavy atom. The molecule has 11 heteroatoms. The number of halogens is 1. The van der Waals surface area contributed by atoms with Gasteiger partial charge in [-0.1, -0.05) is 5.21 Å². The minimum atomic E-state index is -0.446. The first-order chi connectivity index (χ1) is 17.5. The van der Waals surface area contributed by atoms with E-state index in [0.29, 0.717) is 54.2 Å². The van der Waals surface area contributed by atoms with Crippen molar-refractivity contribution in [1.82, 2.24) is 34.7 Å². The Hall–Kier alpha value is -3.44. The third kappa shape index (κ3) is 3.82. The summed E-state index contributed by atoms with van der Waals surface area (Å²) in [5.74, 6) is 0.293. The predicted molar refractivity (Wildman–Crippen MR) is 132 cm³/mol. The molecule has 1 unspecified atom stereocenters. The van der Waals surface area contributed by atoms with Crippen LogP contribution in [0.1, 0.15) is 38.1 Å². The van der Waals surface area contributed by atoms with Gasteiger partial charge in [0.25, 0.3) is 0 Å². The molecular weight excluding hydrogens is 463 g/mol. The number of aryl methyl sites for hydroxylation is 2. The third-order valence-electron chi connectivity index (χ3n) is 7.03. The molecule has 4 aromatic heterocycles. The highest BCUT2D eigenvalue weighted by Gasteiger charge is 2.28. The second-order valence-electron chi connectivity index (χ2n) is 9.45. The largest absolute Gasteiger partial charge is 0.377 e. The number of ether oxygens (including phenoxy) is 2. The summed E-state index contributed by atoms with van der Waals surface area (Å²) in [6.45, 7) is 6.56. The molecule has 2 aliphatic heterocycles. The number of aromatic nitrogens is 7. The number of fused-ring (bicyclic) bond motifs is 1. The minimum Gasteiger partial charge on any atom is -0.377 e. The third-order valence-corrected chi connectivity index (χ3v) is 7.03. The van der Waals surface area contributed by atoms with Gasteiger partial charge in [0.1, 0.15) is 17.0 Å². The van der Waals surface area contributed by atoms with Crippen LogP contribution in [0, 0.1) is 12.7 Å². The van der Waals surface area contributed by atoms with E-state index < -0.39 is 5.82 Å². The maximum Gasteiger partial charge on any atom is 0.151 e. The Labute approximate surface area is 208 Å². The standard InChI is InChI=1S/C25H29FN8O2/c1-15-14-35-11-9-33(15)20-12-17(25-16(2)30-31-32(25)3)22-18(26)13-27-23(24(22)29-20)19-7-8-28-34(19)21-6-4-5-10-36-21/h7-8,12-13,15,21H,4-6,9-11,14H2,1-3H3/t15-,21?/m1/s1. The van der Waals surface area contributed by atoms with E-state index >= 15 is 4.39 Å². The fraction of sp³-hybridized carbons (Fsp3) is 0.480. The van der Waals surface area contributed by atoms with Crippen LogP contribution in [-0.2, 0) is 16.5 Å². The highest BCUT2D eigenvalue weighted by molar-refractivity contribution is 6.01. The van der Waals surface area contributed by atoms with Gasteiger partial charge in [-0.25, -0.2) is 23.7 Å². The van der Waals surface area contributed by atoms with Crippen LogP contribution in [0.15, 0.2) is 24.5 Å². The summed E-state index contributed by atoms with van der Waals surface area (Å²) in [5.41, 5.74) is 3.92. The monoisotopic (exact) mass is 492 g/mol. The lowest BCUT2D eigenvalue weighted by molar-refractivity contribution is -0.0383. The molecule has 6 heterocycles. The van der Waals surface area contributed by atoms with Gasteiger partial charge >= 0.3 is 0 Å². The Bertz CT molecular complexity index is 1390. The van der Waals surface area contributed by atoms with Crippen molar-refractivity contribution < 1.29 is 13.9 Å². The molecule has 0 aliphatic carbocycles. The van der Waals surface area contributed by atoms with Crippen LogP contribution in [-0.4, -0.2) is 67.1 Å². The predicted octanol–water partition coefficient (Wildman–Crippen LogP) is 3.66. The fourth-order valence-electron chi connectivity index (χ4n) is 5.26. The van der Waals surface area contributed by atoms with Crippen LogP contribution in [0.4, 0.5) is 10.2 Å². The smallest absolute Gasteiger partial charge is 0.151 e. The topological polar surface area (TPSA) is 96.0 Å². The summed E-state index contributed by atoms with van der Waals surface area (Å²) in [6.07, 6.45) is 5.77. The average Bonchev–Trinajstić information content (AvgIpc) is 3.51. The van der Waals surface area contributed by atoms with Gasteiger partial charge in [-0.3, -0.25) is 0 Å². The number of morpholine rings is 1. The van der Waals surface area contributed by atoms with Gasteiger partial charge in [-0.05, 0) is 45.2 Å². The van der Waals surface area contributed by atoms with Crippen LogP contribution in [0.3, 0.4) is 0 Å². The zero-order valence-corrected chi connectivity index (χ0v) is 20.7. The summed E-state index contributed by atoms with van der Waals surface area (Å²) in [7, 11) is 1.81. The van der Waals surface area contributed by atoms with Crippen molar-refractivity contribution in [3.8, 4) is 22.6 Å². The zero-order valence-electron chi connectivity index (χ0n) is 20.7. The summed E-state index contributed by atoms with van der Waals surface area (Å²) in [5, 5.41) is 13.3. The van der Waals surface area contributed by atoms with Crippen molar-refractivity contribution in [3.63, 3.8) is 0 Å². The fourth-order valence-corrected chi connectivity index (χ4v) is 5.26. The number of anilines is 1. The molecule has 0 bridgehead atoms. The lowest BCUT2D eigenvalue weighted by Gasteiger charge is -2.34. The first kappa shape index (κ1) is 23.0. The van der Waals surface area contributed by atoms with E-state index in [1.54, 1.807) is 10.9 Å². The maximum absolute atomic E-state index is 15.6. The summed E-state index contributed by atoms with van der Waals surface area (Å²) in [4.78, 5) is 11.8. The number of pyridine rings is 2. The van der Waals surface area contributed by atoms with Gasteiger partial charge < -0.3 is 14.4 Å². The summed E-state index contributed by atoms with van der Waals surface area (Å²) >= 11 is 0. The highest BCUT2D eigenvalue weighted by atomic mass is 19.1. The first-order valence-electron chi connectivity index (χ1n) is 12.4. The number of hydrogen-bond donors (Lipinski definition) is 0. The molecule has 10 nitrogen and oxygen atoms in total. The Kier molecular flexibility index (Phi) is 5.88. The lowest BCUT2D eigenvalue weighted by Crippen LogP contribution is -2.44. The molecule has 0 saturated carbocycles. The molecule has 2 atom stereocenters. The normalized spacial score (nSPS) is 20.8. The molecule has 2 aliphatic rings. The first-order valence-corrected chi connectivity index (χ1v) is 12.4. The minimum absolute atomic E-state index is 0.119. The van der Waals surface area contributed by atoms with Gasteiger partial charge in [-0.15, -0.1) is 5.10 Å². The second kappa shape index (κ2) is 9.21. The van der Waals surface area contributed by atoms with Crippen LogP contribution < -0.4 is 4.90 Å². The van der Waals surface area contributed by atoms with E-state index in [0.717, 1.165) is 36.5 Å². The molecule has 0 aromatic carbocycles. The van der Waals surface area contributed by atoms with E-state index in [-0.39, 0.29) is 12.3 Å². The highest BCUT2D eigenvalue weighted by Crippen LogP contribution is 2.39. The molecule has 4 aromatic rings. The van der Waals surface area contributed by atoms with Crippen molar-refractivity contribution in [1.29, 1.82) is 0 Å². The van der Waals surface area contributed by atoms with E-state index in [1.807, 2.05) is 30.8 Å². The molecule has 2 fully saturated rings. The van der Waals surface area contributed by atoms with Gasteiger partial charge in [0.15, 0.2) is 12.0 Å². The number of nitrogens with zero attached hydrogens (tertiary/aromatic N) is 8. The van der Waals surface area contributed by atoms with E-state index in [9.17, 15) is 0 Å². The average molecular weight is 493 g/mol. The van der Waals surface area contributed by atoms with E-state index in [4.69, 9.17) is 14.5 Å². The van der Waals surface area contributed by atoms with E-state index in [2.05, 4.69) is 32.2 Å². The van der Waals surface area contributed by atoms with Crippen molar-refractivity contribution >= 4 is 16.7 Å². The van der Waals surface area contributed by atoms with Crippen LogP contribution >= 0.6 is 0 Å². The maximum atomic E-state index is 15.6. The summed E-state index contributed by atoms with van der Waals surface area (Å²) < 4.78 is 30.8. The lowest BCUT2D eigenvalue weighted by atomic mass is 10.0. The summed E-state index contributed by atoms with van der Waals surface area (Å²) in [6, 6.07) is 3.94. The molecule has 188 valence electrons. The van der Waals surface area contributed by atoms with Crippen molar-refractivity contribution in [3.05, 3.63) is 36.0 Å². The van der Waals surface area contributed by atoms with Crippen LogP contribution in [0.5, 0.6) is 0 Å². The molecule has 0 N–H and O–H groups in total. The Morgan fingerprint density at radius 1 is 1.19 bits per heavy atom. The second-order valence-corrected chi connectivity index (χ2v) is 9.45. The zero-order chi connectivity index (χ0) is 24.8. The quantitative estimate of drug-likeness (QED) is 0.426. The molecule has 0 amide bonds. The van der Waals surface area contributed by atoms with Crippen LogP contribution in [0.2, 0.25) is 0 Å². The number of hydrogen-bond acceptors (Lipinski definition) is 8. The van der Waals surface area contributed by atoms with Gasteiger partial charge in [0, 0.05) is 37.3 Å². The van der Waals surface area contributed by atoms with Gasteiger partial charge in [0.2, 0.25) is 0 Å². The molecule has 6 rings (SSSR count). The SMILES string of the molecule is Cc1nnn(C)c1-c1cc(N2CCOC[C@H]2C)nc2c(-c3ccnn3C3CCCCO3)ncc(F)c12. The van der Waals surface area contributed by atoms with Gasteiger partial charge in [0.05, 0.1) is 42.5 Å². The van der Waals surface area contributed by atoms with Crippen molar-refractivity contribution in [2.75, 3.05) is 31.3 Å². The van der Waals surface area contributed by atoms with Crippen molar-refractivity contribution in [2.24, 2.45) is 7.05 Å². The van der Waals surface area contributed by atoms with Gasteiger partial charge in [-0.2, -0.15) is 5.10 Å².